The van der Waals surface area contributed by atoms with E-state index in [2.05, 4.69) is 21.2 Å². The third-order valence-corrected chi connectivity index (χ3v) is 3.41. The van der Waals surface area contributed by atoms with Crippen molar-refractivity contribution in [2.75, 3.05) is 11.9 Å². The summed E-state index contributed by atoms with van der Waals surface area (Å²) in [5.74, 6) is -0.0810. The van der Waals surface area contributed by atoms with Crippen molar-refractivity contribution in [3.8, 4) is 5.75 Å². The van der Waals surface area contributed by atoms with Gasteiger partial charge in [-0.25, -0.2) is 4.79 Å². The molecule has 0 bridgehead atoms. The molecule has 0 unspecified atom stereocenters. The lowest BCUT2D eigenvalue weighted by atomic mass is 10.2. The zero-order chi connectivity index (χ0) is 15.2. The maximum Gasteiger partial charge on any atom is 0.338 e. The monoisotopic (exact) mass is 349 g/mol. The summed E-state index contributed by atoms with van der Waals surface area (Å²) in [5, 5.41) is 13.0. The highest BCUT2D eigenvalue weighted by molar-refractivity contribution is 9.10. The molecule has 2 aromatic carbocycles. The van der Waals surface area contributed by atoms with E-state index in [1.807, 2.05) is 6.07 Å². The predicted molar refractivity (Wildman–Crippen MR) is 85.5 cm³/mol. The molecule has 0 saturated carbocycles. The molecule has 110 valence electrons. The van der Waals surface area contributed by atoms with Crippen molar-refractivity contribution in [3.63, 3.8) is 0 Å². The highest BCUT2D eigenvalue weighted by atomic mass is 79.9. The van der Waals surface area contributed by atoms with Crippen LogP contribution in [0.2, 0.25) is 0 Å². The minimum Gasteiger partial charge on any atom is -0.508 e. The van der Waals surface area contributed by atoms with Crippen LogP contribution in [-0.2, 0) is 11.3 Å². The van der Waals surface area contributed by atoms with Crippen LogP contribution in [0.1, 0.15) is 22.8 Å². The van der Waals surface area contributed by atoms with Gasteiger partial charge >= 0.3 is 5.97 Å². The van der Waals surface area contributed by atoms with Crippen LogP contribution < -0.4 is 5.32 Å². The van der Waals surface area contributed by atoms with Crippen molar-refractivity contribution in [3.05, 3.63) is 58.1 Å². The second kappa shape index (κ2) is 7.13. The van der Waals surface area contributed by atoms with Gasteiger partial charge in [-0.15, -0.1) is 0 Å². The van der Waals surface area contributed by atoms with E-state index < -0.39 is 0 Å². The van der Waals surface area contributed by atoms with Crippen LogP contribution in [0, 0.1) is 0 Å². The van der Waals surface area contributed by atoms with Crippen LogP contribution in [0.4, 0.5) is 5.69 Å². The van der Waals surface area contributed by atoms with Gasteiger partial charge in [-0.3, -0.25) is 0 Å². The van der Waals surface area contributed by atoms with Gasteiger partial charge in [0.25, 0.3) is 0 Å². The molecule has 0 amide bonds. The first-order valence-corrected chi connectivity index (χ1v) is 7.38. The first-order chi connectivity index (χ1) is 10.1. The van der Waals surface area contributed by atoms with E-state index in [0.717, 1.165) is 15.7 Å². The molecule has 0 saturated heterocycles. The number of hydrogen-bond donors (Lipinski definition) is 2. The second-order valence-electron chi connectivity index (χ2n) is 4.42. The zero-order valence-corrected chi connectivity index (χ0v) is 13.2. The van der Waals surface area contributed by atoms with Gasteiger partial charge in [0.05, 0.1) is 12.2 Å². The number of halogens is 1. The summed E-state index contributed by atoms with van der Waals surface area (Å²) < 4.78 is 5.84. The van der Waals surface area contributed by atoms with E-state index in [1.165, 1.54) is 0 Å². The molecule has 0 aliphatic carbocycles. The molecule has 0 heterocycles. The molecule has 5 heteroatoms. The third kappa shape index (κ3) is 4.23. The summed E-state index contributed by atoms with van der Waals surface area (Å²) in [5.41, 5.74) is 2.17. The number of anilines is 1. The minimum atomic E-state index is -0.325. The number of phenols is 1. The average molecular weight is 350 g/mol. The van der Waals surface area contributed by atoms with Crippen LogP contribution in [-0.4, -0.2) is 17.7 Å². The smallest absolute Gasteiger partial charge is 0.338 e. The molecule has 2 N–H and O–H groups in total. The van der Waals surface area contributed by atoms with E-state index >= 15 is 0 Å². The highest BCUT2D eigenvalue weighted by Crippen LogP contribution is 2.23. The third-order valence-electron chi connectivity index (χ3n) is 2.92. The Hall–Kier alpha value is -2.01. The first kappa shape index (κ1) is 15.4. The standard InChI is InChI=1S/C16H16BrNO3/c1-2-21-16(20)11-3-6-14(7-4-11)18-10-12-9-13(17)5-8-15(12)19/h3-9,18-19H,2,10H2,1H3. The van der Waals surface area contributed by atoms with Crippen molar-refractivity contribution in [2.24, 2.45) is 0 Å². The Bertz CT molecular complexity index is 626. The van der Waals surface area contributed by atoms with Gasteiger partial charge in [0, 0.05) is 22.3 Å². The fourth-order valence-electron chi connectivity index (χ4n) is 1.83. The summed E-state index contributed by atoms with van der Waals surface area (Å²) in [7, 11) is 0. The molecule has 0 radical (unpaired) electrons. The lowest BCUT2D eigenvalue weighted by Gasteiger charge is -2.09. The number of aromatic hydroxyl groups is 1. The molecule has 2 rings (SSSR count). The predicted octanol–water partition coefficient (Wildman–Crippen LogP) is 3.94. The number of esters is 1. The summed E-state index contributed by atoms with van der Waals surface area (Å²) in [6, 6.07) is 12.3. The van der Waals surface area contributed by atoms with Crippen molar-refractivity contribution >= 4 is 27.6 Å². The van der Waals surface area contributed by atoms with Gasteiger partial charge in [-0.2, -0.15) is 0 Å². The van der Waals surface area contributed by atoms with Crippen LogP contribution >= 0.6 is 15.9 Å². The van der Waals surface area contributed by atoms with Gasteiger partial charge in [0.2, 0.25) is 0 Å². The Morgan fingerprint density at radius 2 is 1.95 bits per heavy atom. The molecule has 21 heavy (non-hydrogen) atoms. The van der Waals surface area contributed by atoms with E-state index in [-0.39, 0.29) is 11.7 Å². The number of carbonyl (C=O) groups is 1. The van der Waals surface area contributed by atoms with E-state index in [9.17, 15) is 9.90 Å². The molecular weight excluding hydrogens is 334 g/mol. The molecular formula is C16H16BrNO3. The van der Waals surface area contributed by atoms with Crippen molar-refractivity contribution < 1.29 is 14.6 Å². The largest absolute Gasteiger partial charge is 0.508 e. The summed E-state index contributed by atoms with van der Waals surface area (Å²) >= 11 is 3.37. The normalized spacial score (nSPS) is 10.2. The Kier molecular flexibility index (Phi) is 5.22. The van der Waals surface area contributed by atoms with Crippen LogP contribution in [0.3, 0.4) is 0 Å². The number of carbonyl (C=O) groups excluding carboxylic acids is 1. The van der Waals surface area contributed by atoms with E-state index in [4.69, 9.17) is 4.74 Å². The molecule has 0 aliphatic rings. The molecule has 0 spiro atoms. The van der Waals surface area contributed by atoms with Crippen molar-refractivity contribution in [2.45, 2.75) is 13.5 Å². The summed E-state index contributed by atoms with van der Waals surface area (Å²) in [6.07, 6.45) is 0. The van der Waals surface area contributed by atoms with Crippen molar-refractivity contribution in [1.29, 1.82) is 0 Å². The number of rotatable bonds is 5. The Morgan fingerprint density at radius 3 is 2.62 bits per heavy atom. The number of ether oxygens (including phenoxy) is 1. The maximum absolute atomic E-state index is 11.5. The van der Waals surface area contributed by atoms with Crippen LogP contribution in [0.5, 0.6) is 5.75 Å². The molecule has 0 aromatic heterocycles. The van der Waals surface area contributed by atoms with E-state index in [1.54, 1.807) is 43.3 Å². The number of nitrogens with one attached hydrogen (secondary N) is 1. The van der Waals surface area contributed by atoms with Crippen LogP contribution in [0.15, 0.2) is 46.9 Å². The SMILES string of the molecule is CCOC(=O)c1ccc(NCc2cc(Br)ccc2O)cc1. The van der Waals surface area contributed by atoms with Crippen LogP contribution in [0.25, 0.3) is 0 Å². The highest BCUT2D eigenvalue weighted by Gasteiger charge is 2.06. The van der Waals surface area contributed by atoms with Gasteiger partial charge in [-0.1, -0.05) is 15.9 Å². The Balaban J connectivity index is 2.00. The fraction of sp³-hybridized carbons (Fsp3) is 0.188. The van der Waals surface area contributed by atoms with E-state index in [0.29, 0.717) is 18.7 Å². The quantitative estimate of drug-likeness (QED) is 0.802. The molecule has 2 aromatic rings. The summed E-state index contributed by atoms with van der Waals surface area (Å²) in [6.45, 7) is 2.63. The molecule has 0 atom stereocenters. The molecule has 4 nitrogen and oxygen atoms in total. The Labute approximate surface area is 131 Å². The first-order valence-electron chi connectivity index (χ1n) is 6.58. The Morgan fingerprint density at radius 1 is 1.24 bits per heavy atom. The second-order valence-corrected chi connectivity index (χ2v) is 5.34. The zero-order valence-electron chi connectivity index (χ0n) is 11.6. The lowest BCUT2D eigenvalue weighted by Crippen LogP contribution is -2.05. The van der Waals surface area contributed by atoms with Gasteiger partial charge in [0.15, 0.2) is 0 Å². The number of hydrogen-bond acceptors (Lipinski definition) is 4. The minimum absolute atomic E-state index is 0.244. The number of phenolic OH excluding ortho intramolecular Hbond substituents is 1. The molecule has 0 aliphatic heterocycles. The average Bonchev–Trinajstić information content (AvgIpc) is 2.49. The lowest BCUT2D eigenvalue weighted by molar-refractivity contribution is 0.0526. The summed E-state index contributed by atoms with van der Waals surface area (Å²) in [4.78, 5) is 11.5. The number of benzene rings is 2. The van der Waals surface area contributed by atoms with Crippen molar-refractivity contribution in [1.82, 2.24) is 0 Å². The molecule has 0 fully saturated rings. The van der Waals surface area contributed by atoms with Gasteiger partial charge in [0.1, 0.15) is 5.75 Å². The topological polar surface area (TPSA) is 58.6 Å². The van der Waals surface area contributed by atoms with Gasteiger partial charge < -0.3 is 15.2 Å². The maximum atomic E-state index is 11.5. The van der Waals surface area contributed by atoms with Gasteiger partial charge in [-0.05, 0) is 49.4 Å². The fourth-order valence-corrected chi connectivity index (χ4v) is 2.24.